The molecule has 0 bridgehead atoms. The number of likely N-dealkylation sites (N-methyl/N-ethyl adjacent to an activating group) is 1. The van der Waals surface area contributed by atoms with Crippen LogP contribution in [-0.4, -0.2) is 36.8 Å². The van der Waals surface area contributed by atoms with Gasteiger partial charge in [-0.15, -0.1) is 0 Å². The van der Waals surface area contributed by atoms with Crippen LogP contribution in [0.25, 0.3) is 0 Å². The van der Waals surface area contributed by atoms with Crippen molar-refractivity contribution in [3.05, 3.63) is 47.5 Å². The Labute approximate surface area is 134 Å². The Kier molecular flexibility index (Phi) is 6.81. The van der Waals surface area contributed by atoms with Crippen molar-refractivity contribution in [2.75, 3.05) is 20.1 Å². The van der Waals surface area contributed by atoms with E-state index in [4.69, 9.17) is 9.90 Å². The van der Waals surface area contributed by atoms with Crippen molar-refractivity contribution in [3.63, 3.8) is 0 Å². The minimum absolute atomic E-state index is 1.16. The SMILES string of the molecule is CCC1=CCC[N+](C)(Cc2ccccc2)C1.O=C([O-])C(F)(F)F. The Bertz CT molecular complexity index is 541. The number of benzene rings is 1. The summed E-state index contributed by atoms with van der Waals surface area (Å²) >= 11 is 0. The zero-order valence-corrected chi connectivity index (χ0v) is 13.4. The number of carbonyl (C=O) groups excluding carboxylic acids is 1. The van der Waals surface area contributed by atoms with E-state index >= 15 is 0 Å². The Balaban J connectivity index is 0.000000322. The molecule has 1 aliphatic rings. The Morgan fingerprint density at radius 3 is 2.30 bits per heavy atom. The molecule has 0 amide bonds. The van der Waals surface area contributed by atoms with Gasteiger partial charge in [-0.1, -0.05) is 43.3 Å². The van der Waals surface area contributed by atoms with Crippen LogP contribution in [0.5, 0.6) is 0 Å². The van der Waals surface area contributed by atoms with Crippen molar-refractivity contribution in [3.8, 4) is 0 Å². The van der Waals surface area contributed by atoms with Gasteiger partial charge in [0.25, 0.3) is 0 Å². The molecule has 1 unspecified atom stereocenters. The molecule has 0 saturated heterocycles. The van der Waals surface area contributed by atoms with Crippen molar-refractivity contribution in [2.45, 2.75) is 32.5 Å². The minimum atomic E-state index is -5.19. The molecule has 0 aliphatic carbocycles. The highest BCUT2D eigenvalue weighted by atomic mass is 19.4. The normalized spacial score (nSPS) is 21.0. The molecule has 1 aromatic carbocycles. The number of quaternary nitrogens is 1. The van der Waals surface area contributed by atoms with Crippen LogP contribution in [-0.2, 0) is 11.3 Å². The van der Waals surface area contributed by atoms with E-state index in [1.807, 2.05) is 0 Å². The summed E-state index contributed by atoms with van der Waals surface area (Å²) in [6.07, 6.45) is -0.305. The highest BCUT2D eigenvalue weighted by molar-refractivity contribution is 5.70. The van der Waals surface area contributed by atoms with Crippen molar-refractivity contribution in [1.82, 2.24) is 0 Å². The van der Waals surface area contributed by atoms with Crippen LogP contribution in [0.4, 0.5) is 13.2 Å². The van der Waals surface area contributed by atoms with E-state index in [9.17, 15) is 13.2 Å². The van der Waals surface area contributed by atoms with E-state index in [1.165, 1.54) is 36.0 Å². The van der Waals surface area contributed by atoms with Gasteiger partial charge < -0.3 is 14.4 Å². The maximum Gasteiger partial charge on any atom is 0.430 e. The van der Waals surface area contributed by atoms with Crippen LogP contribution in [0.1, 0.15) is 25.3 Å². The topological polar surface area (TPSA) is 40.1 Å². The molecule has 128 valence electrons. The maximum atomic E-state index is 10.5. The summed E-state index contributed by atoms with van der Waals surface area (Å²) in [6.45, 7) is 5.94. The van der Waals surface area contributed by atoms with Crippen LogP contribution in [0.3, 0.4) is 0 Å². The lowest BCUT2D eigenvalue weighted by molar-refractivity contribution is -0.919. The largest absolute Gasteiger partial charge is 0.542 e. The van der Waals surface area contributed by atoms with E-state index in [0.29, 0.717) is 0 Å². The molecule has 0 aromatic heterocycles. The van der Waals surface area contributed by atoms with E-state index in [-0.39, 0.29) is 0 Å². The van der Waals surface area contributed by atoms with Crippen LogP contribution in [0, 0.1) is 0 Å². The van der Waals surface area contributed by atoms with Crippen molar-refractivity contribution >= 4 is 5.97 Å². The quantitative estimate of drug-likeness (QED) is 0.632. The number of halogens is 3. The van der Waals surface area contributed by atoms with Crippen LogP contribution in [0.15, 0.2) is 42.0 Å². The van der Waals surface area contributed by atoms with Crippen molar-refractivity contribution in [2.24, 2.45) is 0 Å². The maximum absolute atomic E-state index is 10.5. The number of hydrogen-bond donors (Lipinski definition) is 0. The first-order valence-corrected chi connectivity index (χ1v) is 7.50. The fraction of sp³-hybridized carbons (Fsp3) is 0.471. The molecule has 23 heavy (non-hydrogen) atoms. The fourth-order valence-electron chi connectivity index (χ4n) is 2.63. The van der Waals surface area contributed by atoms with Gasteiger partial charge in [0.2, 0.25) is 0 Å². The Morgan fingerprint density at radius 1 is 1.26 bits per heavy atom. The summed E-state index contributed by atoms with van der Waals surface area (Å²) in [7, 11) is 2.38. The summed E-state index contributed by atoms with van der Waals surface area (Å²) in [4.78, 5) is 8.78. The molecule has 6 heteroatoms. The van der Waals surface area contributed by atoms with Gasteiger partial charge >= 0.3 is 6.18 Å². The molecule has 0 spiro atoms. The predicted octanol–water partition coefficient (Wildman–Crippen LogP) is 2.67. The lowest BCUT2D eigenvalue weighted by Gasteiger charge is -2.38. The van der Waals surface area contributed by atoms with E-state index < -0.39 is 12.1 Å². The second-order valence-corrected chi connectivity index (χ2v) is 5.93. The molecule has 1 aromatic rings. The number of carbonyl (C=O) groups is 1. The van der Waals surface area contributed by atoms with Gasteiger partial charge in [-0.3, -0.25) is 0 Å². The second kappa shape index (κ2) is 8.15. The van der Waals surface area contributed by atoms with Crippen LogP contribution in [0.2, 0.25) is 0 Å². The van der Waals surface area contributed by atoms with Gasteiger partial charge in [-0.25, -0.2) is 0 Å². The number of carboxylic acids is 1. The molecular formula is C17H22F3NO2. The zero-order valence-electron chi connectivity index (χ0n) is 13.4. The lowest BCUT2D eigenvalue weighted by Crippen LogP contribution is -2.47. The average Bonchev–Trinajstić information content (AvgIpc) is 2.47. The second-order valence-electron chi connectivity index (χ2n) is 5.93. The van der Waals surface area contributed by atoms with Gasteiger partial charge in [0.05, 0.1) is 13.6 Å². The number of alkyl halides is 3. The van der Waals surface area contributed by atoms with E-state index in [2.05, 4.69) is 50.4 Å². The summed E-state index contributed by atoms with van der Waals surface area (Å²) in [5.41, 5.74) is 3.09. The third kappa shape index (κ3) is 6.86. The van der Waals surface area contributed by atoms with Gasteiger partial charge in [-0.2, -0.15) is 13.2 Å². The van der Waals surface area contributed by atoms with E-state index in [1.54, 1.807) is 5.57 Å². The molecule has 1 atom stereocenters. The highest BCUT2D eigenvalue weighted by Crippen LogP contribution is 2.21. The first-order valence-electron chi connectivity index (χ1n) is 7.50. The fourth-order valence-corrected chi connectivity index (χ4v) is 2.63. The summed E-state index contributed by atoms with van der Waals surface area (Å²) in [5, 5.41) is 8.78. The summed E-state index contributed by atoms with van der Waals surface area (Å²) < 4.78 is 32.7. The van der Waals surface area contributed by atoms with Crippen molar-refractivity contribution in [1.29, 1.82) is 0 Å². The lowest BCUT2D eigenvalue weighted by atomic mass is 10.0. The predicted molar refractivity (Wildman–Crippen MR) is 80.1 cm³/mol. The molecule has 0 radical (unpaired) electrons. The standard InChI is InChI=1S/C15H22N.C2HF3O2/c1-3-14-10-7-11-16(2,12-14)13-15-8-5-4-6-9-15;3-2(4,5)1(6)7/h4-6,8-10H,3,7,11-13H2,1-2H3;(H,6,7)/q+1;/p-1. The first kappa shape index (κ1) is 19.2. The molecule has 3 nitrogen and oxygen atoms in total. The van der Waals surface area contributed by atoms with Gasteiger partial charge in [-0.05, 0) is 12.0 Å². The molecule has 2 rings (SSSR count). The summed E-state index contributed by atoms with van der Waals surface area (Å²) in [6, 6.07) is 10.9. The number of nitrogens with zero attached hydrogens (tertiary/aromatic N) is 1. The zero-order chi connectivity index (χ0) is 17.5. The first-order chi connectivity index (χ1) is 10.7. The van der Waals surface area contributed by atoms with Crippen molar-refractivity contribution < 1.29 is 27.6 Å². The molecular weight excluding hydrogens is 307 g/mol. The van der Waals surface area contributed by atoms with Gasteiger partial charge in [0, 0.05) is 12.0 Å². The molecule has 0 saturated carbocycles. The molecule has 0 fully saturated rings. The Hall–Kier alpha value is -1.82. The number of hydrogen-bond acceptors (Lipinski definition) is 2. The Morgan fingerprint density at radius 2 is 1.83 bits per heavy atom. The highest BCUT2D eigenvalue weighted by Gasteiger charge is 2.29. The van der Waals surface area contributed by atoms with Gasteiger partial charge in [0.1, 0.15) is 19.1 Å². The minimum Gasteiger partial charge on any atom is -0.542 e. The monoisotopic (exact) mass is 329 g/mol. The number of carboxylic acid groups (broad SMARTS) is 1. The third-order valence-corrected chi connectivity index (χ3v) is 3.78. The summed E-state index contributed by atoms with van der Waals surface area (Å²) in [5.74, 6) is -3.01. The number of rotatable bonds is 3. The number of aliphatic carboxylic acids is 1. The van der Waals surface area contributed by atoms with Crippen LogP contribution < -0.4 is 5.11 Å². The molecule has 0 N–H and O–H groups in total. The molecule has 1 aliphatic heterocycles. The smallest absolute Gasteiger partial charge is 0.430 e. The van der Waals surface area contributed by atoms with Crippen LogP contribution >= 0.6 is 0 Å². The third-order valence-electron chi connectivity index (χ3n) is 3.78. The van der Waals surface area contributed by atoms with E-state index in [0.717, 1.165) is 6.54 Å². The average molecular weight is 329 g/mol. The van der Waals surface area contributed by atoms with Gasteiger partial charge in [0.15, 0.2) is 0 Å². The molecule has 1 heterocycles.